The van der Waals surface area contributed by atoms with Gasteiger partial charge in [-0.3, -0.25) is 9.21 Å². The first kappa shape index (κ1) is 22.0. The van der Waals surface area contributed by atoms with Gasteiger partial charge in [-0.15, -0.1) is 0 Å². The molecular weight excluding hydrogens is 441 g/mol. The van der Waals surface area contributed by atoms with E-state index in [1.807, 2.05) is 12.1 Å². The lowest BCUT2D eigenvalue weighted by molar-refractivity contribution is 0.212. The van der Waals surface area contributed by atoms with Crippen molar-refractivity contribution in [1.29, 1.82) is 0 Å². The third-order valence-electron chi connectivity index (χ3n) is 6.74. The number of furan rings is 1. The van der Waals surface area contributed by atoms with Crippen LogP contribution in [0.1, 0.15) is 36.9 Å². The molecule has 0 spiro atoms. The lowest BCUT2D eigenvalue weighted by Crippen LogP contribution is -2.36. The molecule has 174 valence electrons. The maximum Gasteiger partial charge on any atom is 0.232 e. The quantitative estimate of drug-likeness (QED) is 0.585. The van der Waals surface area contributed by atoms with Crippen molar-refractivity contribution >= 4 is 32.4 Å². The molecule has 1 aliphatic heterocycles. The van der Waals surface area contributed by atoms with Crippen molar-refractivity contribution in [2.45, 2.75) is 31.8 Å². The van der Waals surface area contributed by atoms with Crippen molar-refractivity contribution in [2.24, 2.45) is 0 Å². The molecule has 1 aromatic heterocycles. The molecule has 33 heavy (non-hydrogen) atoms. The molecular formula is C25H28FN3O3S. The topological polar surface area (TPSA) is 65.8 Å². The summed E-state index contributed by atoms with van der Waals surface area (Å²) >= 11 is 0. The fraction of sp³-hybridized carbons (Fsp3) is 0.360. The van der Waals surface area contributed by atoms with Gasteiger partial charge in [0.2, 0.25) is 10.0 Å². The van der Waals surface area contributed by atoms with Crippen LogP contribution in [0.5, 0.6) is 0 Å². The van der Waals surface area contributed by atoms with Gasteiger partial charge in [-0.25, -0.2) is 12.8 Å². The van der Waals surface area contributed by atoms with Gasteiger partial charge < -0.3 is 9.73 Å². The third kappa shape index (κ3) is 3.81. The molecule has 1 fully saturated rings. The van der Waals surface area contributed by atoms with Crippen LogP contribution in [-0.4, -0.2) is 45.8 Å². The zero-order valence-corrected chi connectivity index (χ0v) is 19.9. The molecule has 2 heterocycles. The molecule has 1 atom stereocenters. The van der Waals surface area contributed by atoms with Crippen LogP contribution in [0.25, 0.3) is 28.0 Å². The van der Waals surface area contributed by atoms with Crippen molar-refractivity contribution in [2.75, 3.05) is 30.7 Å². The van der Waals surface area contributed by atoms with Crippen LogP contribution >= 0.6 is 0 Å². The molecule has 3 aromatic rings. The Bertz CT molecular complexity index is 1340. The number of benzene rings is 2. The van der Waals surface area contributed by atoms with Gasteiger partial charge in [-0.1, -0.05) is 6.58 Å². The highest BCUT2D eigenvalue weighted by molar-refractivity contribution is 7.92. The zero-order chi connectivity index (χ0) is 23.5. The van der Waals surface area contributed by atoms with E-state index in [1.54, 1.807) is 19.2 Å². The van der Waals surface area contributed by atoms with Crippen LogP contribution in [0.15, 0.2) is 47.4 Å². The van der Waals surface area contributed by atoms with Crippen molar-refractivity contribution in [3.8, 4) is 11.3 Å². The molecule has 6 nitrogen and oxygen atoms in total. The first-order valence-corrected chi connectivity index (χ1v) is 13.0. The van der Waals surface area contributed by atoms with Gasteiger partial charge in [0.1, 0.15) is 17.2 Å². The number of nitrogens with zero attached hydrogens (tertiary/aromatic N) is 2. The number of hydrogen-bond donors (Lipinski definition) is 1. The minimum Gasteiger partial charge on any atom is -0.455 e. The number of hydrogen-bond acceptors (Lipinski definition) is 5. The van der Waals surface area contributed by atoms with E-state index < -0.39 is 10.0 Å². The summed E-state index contributed by atoms with van der Waals surface area (Å²) in [6.07, 6.45) is 3.53. The summed E-state index contributed by atoms with van der Waals surface area (Å²) in [6, 6.07) is 10.6. The first-order valence-electron chi connectivity index (χ1n) is 11.2. The summed E-state index contributed by atoms with van der Waals surface area (Å²) in [6.45, 7) is 7.39. The predicted octanol–water partition coefficient (Wildman–Crippen LogP) is 4.73. The molecule has 1 N–H and O–H groups in total. The molecule has 2 aliphatic rings. The Labute approximate surface area is 193 Å². The Morgan fingerprint density at radius 2 is 1.88 bits per heavy atom. The molecule has 1 aliphatic carbocycles. The molecule has 2 aromatic carbocycles. The highest BCUT2D eigenvalue weighted by atomic mass is 32.2. The number of sulfonamides is 1. The average Bonchev–Trinajstić information content (AvgIpc) is 3.55. The van der Waals surface area contributed by atoms with Crippen LogP contribution in [0.2, 0.25) is 0 Å². The summed E-state index contributed by atoms with van der Waals surface area (Å²) in [5.74, 6) is 0.246. The van der Waals surface area contributed by atoms with Crippen LogP contribution < -0.4 is 9.62 Å². The van der Waals surface area contributed by atoms with Crippen molar-refractivity contribution in [3.05, 3.63) is 59.9 Å². The van der Waals surface area contributed by atoms with Crippen molar-refractivity contribution < 1.29 is 17.2 Å². The zero-order valence-electron chi connectivity index (χ0n) is 19.1. The molecule has 1 saturated carbocycles. The Morgan fingerprint density at radius 3 is 2.48 bits per heavy atom. The molecule has 0 radical (unpaired) electrons. The monoisotopic (exact) mass is 469 g/mol. The second kappa shape index (κ2) is 7.88. The lowest BCUT2D eigenvalue weighted by atomic mass is 9.98. The fourth-order valence-corrected chi connectivity index (χ4v) is 5.81. The SMILES string of the molecule is C=C(NC)c1c(-c2ccc(F)cc2)oc2cc3c(cc12)C(C)N(C1CC1)CCN3S(C)(=O)=O. The first-order chi connectivity index (χ1) is 15.7. The van der Waals surface area contributed by atoms with Gasteiger partial charge in [0.15, 0.2) is 0 Å². The van der Waals surface area contributed by atoms with Gasteiger partial charge in [0, 0.05) is 54.9 Å². The van der Waals surface area contributed by atoms with E-state index in [9.17, 15) is 12.8 Å². The Morgan fingerprint density at radius 1 is 1.18 bits per heavy atom. The second-order valence-electron chi connectivity index (χ2n) is 8.93. The molecule has 0 saturated heterocycles. The maximum atomic E-state index is 13.6. The molecule has 0 bridgehead atoms. The Kier molecular flexibility index (Phi) is 5.25. The van der Waals surface area contributed by atoms with Gasteiger partial charge in [-0.05, 0) is 55.7 Å². The number of nitrogens with one attached hydrogen (secondary N) is 1. The summed E-state index contributed by atoms with van der Waals surface area (Å²) in [7, 11) is -1.68. The van der Waals surface area contributed by atoms with Crippen LogP contribution in [0, 0.1) is 5.82 Å². The normalized spacial score (nSPS) is 19.4. The van der Waals surface area contributed by atoms with E-state index in [2.05, 4.69) is 23.7 Å². The molecule has 1 unspecified atom stereocenters. The van der Waals surface area contributed by atoms with Gasteiger partial charge >= 0.3 is 0 Å². The number of fused-ring (bicyclic) bond motifs is 2. The maximum absolute atomic E-state index is 13.6. The minimum absolute atomic E-state index is 0.0588. The highest BCUT2D eigenvalue weighted by Crippen LogP contribution is 2.45. The molecule has 5 rings (SSSR count). The standard InChI is InChI=1S/C25H28FN3O3S/c1-15(27-3)24-21-13-20-16(2)28(19-9-10-19)11-12-29(33(4,30)31)22(20)14-23(21)32-25(24)17-5-7-18(26)8-6-17/h5-8,13-14,16,19,27H,1,9-12H2,2-4H3. The average molecular weight is 470 g/mol. The number of halogens is 1. The fourth-order valence-electron chi connectivity index (χ4n) is 4.88. The van der Waals surface area contributed by atoms with Crippen LogP contribution in [0.4, 0.5) is 10.1 Å². The largest absolute Gasteiger partial charge is 0.455 e. The van der Waals surface area contributed by atoms with Gasteiger partial charge in [-0.2, -0.15) is 0 Å². The Hall–Kier alpha value is -2.84. The van der Waals surface area contributed by atoms with E-state index in [0.717, 1.165) is 34.9 Å². The van der Waals surface area contributed by atoms with E-state index in [-0.39, 0.29) is 11.9 Å². The minimum atomic E-state index is -3.47. The van der Waals surface area contributed by atoms with Crippen LogP contribution in [0.3, 0.4) is 0 Å². The smallest absolute Gasteiger partial charge is 0.232 e. The molecule has 8 heteroatoms. The summed E-state index contributed by atoms with van der Waals surface area (Å²) < 4.78 is 46.8. The highest BCUT2D eigenvalue weighted by Gasteiger charge is 2.38. The third-order valence-corrected chi connectivity index (χ3v) is 7.92. The van der Waals surface area contributed by atoms with Crippen LogP contribution in [-0.2, 0) is 10.0 Å². The number of anilines is 1. The van der Waals surface area contributed by atoms with E-state index in [1.165, 1.54) is 22.7 Å². The van der Waals surface area contributed by atoms with Crippen molar-refractivity contribution in [3.63, 3.8) is 0 Å². The van der Waals surface area contributed by atoms with Crippen molar-refractivity contribution in [1.82, 2.24) is 10.2 Å². The molecule has 0 amide bonds. The predicted molar refractivity (Wildman–Crippen MR) is 130 cm³/mol. The summed E-state index contributed by atoms with van der Waals surface area (Å²) in [5, 5.41) is 3.96. The number of rotatable bonds is 5. The van der Waals surface area contributed by atoms with Gasteiger partial charge in [0.05, 0.1) is 17.5 Å². The summed E-state index contributed by atoms with van der Waals surface area (Å²) in [4.78, 5) is 2.41. The lowest BCUT2D eigenvalue weighted by Gasteiger charge is -2.27. The van der Waals surface area contributed by atoms with E-state index >= 15 is 0 Å². The van der Waals surface area contributed by atoms with E-state index in [4.69, 9.17) is 4.42 Å². The van der Waals surface area contributed by atoms with Gasteiger partial charge in [0.25, 0.3) is 0 Å². The summed E-state index contributed by atoms with van der Waals surface area (Å²) in [5.41, 5.74) is 4.37. The Balaban J connectivity index is 1.78. The van der Waals surface area contributed by atoms with E-state index in [0.29, 0.717) is 41.9 Å². The second-order valence-corrected chi connectivity index (χ2v) is 10.8.